The third-order valence-electron chi connectivity index (χ3n) is 2.59. The minimum atomic E-state index is -0.344. The Morgan fingerprint density at radius 3 is 2.81 bits per heavy atom. The highest BCUT2D eigenvalue weighted by molar-refractivity contribution is 6.02. The summed E-state index contributed by atoms with van der Waals surface area (Å²) in [6, 6.07) is 4.14. The topological polar surface area (TPSA) is 41.1 Å². The van der Waals surface area contributed by atoms with E-state index in [-0.39, 0.29) is 17.8 Å². The summed E-state index contributed by atoms with van der Waals surface area (Å²) in [6.07, 6.45) is 0.767. The molecule has 1 heterocycles. The zero-order chi connectivity index (χ0) is 11.7. The summed E-state index contributed by atoms with van der Waals surface area (Å²) in [5.74, 6) is 0.000193. The summed E-state index contributed by atoms with van der Waals surface area (Å²) >= 11 is 0. The first kappa shape index (κ1) is 10.9. The number of fused-ring (bicyclic) bond motifs is 1. The molecule has 1 amide bonds. The highest BCUT2D eigenvalue weighted by Crippen LogP contribution is 2.28. The zero-order valence-electron chi connectivity index (χ0n) is 9.38. The fraction of sp³-hybridized carbons (Fsp3) is 0.417. The van der Waals surface area contributed by atoms with Gasteiger partial charge >= 0.3 is 0 Å². The molecule has 0 aliphatic carbocycles. The molecule has 0 saturated carbocycles. The van der Waals surface area contributed by atoms with Gasteiger partial charge in [0, 0.05) is 0 Å². The van der Waals surface area contributed by atoms with Crippen molar-refractivity contribution in [3.63, 3.8) is 0 Å². The van der Waals surface area contributed by atoms with Crippen molar-refractivity contribution in [1.82, 2.24) is 0 Å². The Labute approximate surface area is 94.0 Å². The van der Waals surface area contributed by atoms with Gasteiger partial charge < -0.3 is 10.6 Å². The highest BCUT2D eigenvalue weighted by atomic mass is 19.1. The van der Waals surface area contributed by atoms with E-state index in [1.807, 2.05) is 0 Å². The van der Waals surface area contributed by atoms with Crippen LogP contribution in [-0.2, 0) is 4.79 Å². The summed E-state index contributed by atoms with van der Waals surface area (Å²) in [7, 11) is 0. The normalized spacial score (nSPS) is 19.0. The largest absolute Gasteiger partial charge is 0.372 e. The predicted octanol–water partition coefficient (Wildman–Crippen LogP) is 2.60. The Kier molecular flexibility index (Phi) is 2.81. The quantitative estimate of drug-likeness (QED) is 0.807. The first-order chi connectivity index (χ1) is 7.56. The fourth-order valence-electron chi connectivity index (χ4n) is 1.86. The molecule has 0 saturated heterocycles. The van der Waals surface area contributed by atoms with Crippen molar-refractivity contribution in [3.05, 3.63) is 24.0 Å². The van der Waals surface area contributed by atoms with E-state index in [9.17, 15) is 9.18 Å². The third-order valence-corrected chi connectivity index (χ3v) is 2.59. The zero-order valence-corrected chi connectivity index (χ0v) is 9.38. The summed E-state index contributed by atoms with van der Waals surface area (Å²) < 4.78 is 12.9. The molecule has 1 aromatic carbocycles. The lowest BCUT2D eigenvalue weighted by molar-refractivity contribution is -0.117. The van der Waals surface area contributed by atoms with Gasteiger partial charge in [-0.15, -0.1) is 0 Å². The predicted molar refractivity (Wildman–Crippen MR) is 61.9 cm³/mol. The summed E-state index contributed by atoms with van der Waals surface area (Å²) in [5, 5.41) is 5.84. The van der Waals surface area contributed by atoms with Crippen LogP contribution in [0.25, 0.3) is 0 Å². The first-order valence-corrected chi connectivity index (χ1v) is 5.43. The molecule has 0 spiro atoms. The molecule has 16 heavy (non-hydrogen) atoms. The lowest BCUT2D eigenvalue weighted by Crippen LogP contribution is -2.39. The Bertz CT molecular complexity index is 417. The Balaban J connectivity index is 2.22. The van der Waals surface area contributed by atoms with Crippen LogP contribution in [0.5, 0.6) is 0 Å². The molecule has 4 heteroatoms. The summed E-state index contributed by atoms with van der Waals surface area (Å²) in [4.78, 5) is 11.7. The molecular weight excluding hydrogens is 207 g/mol. The van der Waals surface area contributed by atoms with Crippen LogP contribution in [0.2, 0.25) is 0 Å². The number of carbonyl (C=O) groups excluding carboxylic acids is 1. The molecule has 86 valence electrons. The van der Waals surface area contributed by atoms with Crippen LogP contribution in [0.3, 0.4) is 0 Å². The van der Waals surface area contributed by atoms with Crippen LogP contribution in [0.15, 0.2) is 18.2 Å². The smallest absolute Gasteiger partial charge is 0.246 e. The Morgan fingerprint density at radius 1 is 1.38 bits per heavy atom. The molecular formula is C12H15FN2O. The number of halogens is 1. The van der Waals surface area contributed by atoms with E-state index in [2.05, 4.69) is 24.5 Å². The lowest BCUT2D eigenvalue weighted by Gasteiger charge is -2.27. The fourth-order valence-corrected chi connectivity index (χ4v) is 1.86. The van der Waals surface area contributed by atoms with E-state index in [1.165, 1.54) is 12.1 Å². The third kappa shape index (κ3) is 2.15. The lowest BCUT2D eigenvalue weighted by atomic mass is 10.0. The van der Waals surface area contributed by atoms with Gasteiger partial charge in [0.15, 0.2) is 0 Å². The summed E-state index contributed by atoms with van der Waals surface area (Å²) in [5.41, 5.74) is 1.30. The van der Waals surface area contributed by atoms with Crippen LogP contribution in [0.4, 0.5) is 15.8 Å². The second kappa shape index (κ2) is 4.12. The van der Waals surface area contributed by atoms with Gasteiger partial charge in [0.2, 0.25) is 5.91 Å². The van der Waals surface area contributed by atoms with E-state index >= 15 is 0 Å². The maximum Gasteiger partial charge on any atom is 0.246 e. The van der Waals surface area contributed by atoms with Gasteiger partial charge in [-0.25, -0.2) is 4.39 Å². The number of carbonyl (C=O) groups is 1. The molecule has 2 rings (SSSR count). The molecule has 0 aromatic heterocycles. The average molecular weight is 222 g/mol. The maximum atomic E-state index is 12.9. The number of amides is 1. The van der Waals surface area contributed by atoms with Crippen LogP contribution < -0.4 is 10.6 Å². The molecule has 1 aliphatic rings. The van der Waals surface area contributed by atoms with Gasteiger partial charge in [0.1, 0.15) is 11.9 Å². The van der Waals surface area contributed by atoms with E-state index in [0.717, 1.165) is 12.1 Å². The first-order valence-electron chi connectivity index (χ1n) is 5.43. The van der Waals surface area contributed by atoms with Crippen molar-refractivity contribution in [3.8, 4) is 0 Å². The molecule has 1 aromatic rings. The number of rotatable bonds is 2. The highest BCUT2D eigenvalue weighted by Gasteiger charge is 2.25. The molecule has 1 atom stereocenters. The van der Waals surface area contributed by atoms with Crippen molar-refractivity contribution in [2.24, 2.45) is 5.92 Å². The van der Waals surface area contributed by atoms with Crippen molar-refractivity contribution >= 4 is 17.3 Å². The molecule has 2 N–H and O–H groups in total. The van der Waals surface area contributed by atoms with Crippen molar-refractivity contribution < 1.29 is 9.18 Å². The minimum absolute atomic E-state index is 0.0909. The minimum Gasteiger partial charge on any atom is -0.372 e. The maximum absolute atomic E-state index is 12.9. The Hall–Kier alpha value is -1.58. The van der Waals surface area contributed by atoms with Crippen LogP contribution in [-0.4, -0.2) is 11.9 Å². The molecule has 0 bridgehead atoms. The molecule has 1 aliphatic heterocycles. The second-order valence-corrected chi connectivity index (χ2v) is 4.51. The Morgan fingerprint density at radius 2 is 2.12 bits per heavy atom. The SMILES string of the molecule is CC(C)C[C@H]1Nc2ccc(F)cc2NC1=O. The van der Waals surface area contributed by atoms with Gasteiger partial charge in [-0.3, -0.25) is 4.79 Å². The monoisotopic (exact) mass is 222 g/mol. The molecule has 3 nitrogen and oxygen atoms in total. The van der Waals surface area contributed by atoms with Crippen molar-refractivity contribution in [1.29, 1.82) is 0 Å². The summed E-state index contributed by atoms with van der Waals surface area (Å²) in [6.45, 7) is 4.13. The molecule has 0 unspecified atom stereocenters. The number of benzene rings is 1. The second-order valence-electron chi connectivity index (χ2n) is 4.51. The number of hydrogen-bond donors (Lipinski definition) is 2. The van der Waals surface area contributed by atoms with Crippen LogP contribution >= 0.6 is 0 Å². The van der Waals surface area contributed by atoms with Gasteiger partial charge in [-0.2, -0.15) is 0 Å². The van der Waals surface area contributed by atoms with Crippen LogP contribution in [0.1, 0.15) is 20.3 Å². The number of nitrogens with one attached hydrogen (secondary N) is 2. The molecule has 0 fully saturated rings. The van der Waals surface area contributed by atoms with Gasteiger partial charge in [0.25, 0.3) is 0 Å². The average Bonchev–Trinajstić information content (AvgIpc) is 2.19. The van der Waals surface area contributed by atoms with Gasteiger partial charge in [-0.05, 0) is 30.5 Å². The van der Waals surface area contributed by atoms with E-state index in [4.69, 9.17) is 0 Å². The van der Waals surface area contributed by atoms with Crippen molar-refractivity contribution in [2.45, 2.75) is 26.3 Å². The van der Waals surface area contributed by atoms with Gasteiger partial charge in [0.05, 0.1) is 11.4 Å². The van der Waals surface area contributed by atoms with E-state index < -0.39 is 0 Å². The standard InChI is InChI=1S/C12H15FN2O/c1-7(2)5-11-12(16)15-10-6-8(13)3-4-9(10)14-11/h3-4,6-7,11,14H,5H2,1-2H3,(H,15,16)/t11-/m1/s1. The van der Waals surface area contributed by atoms with Crippen molar-refractivity contribution in [2.75, 3.05) is 10.6 Å². The molecule has 0 radical (unpaired) electrons. The van der Waals surface area contributed by atoms with E-state index in [1.54, 1.807) is 6.07 Å². The van der Waals surface area contributed by atoms with Crippen LogP contribution in [0, 0.1) is 11.7 Å². The number of hydrogen-bond acceptors (Lipinski definition) is 2. The van der Waals surface area contributed by atoms with Gasteiger partial charge in [-0.1, -0.05) is 13.8 Å². The van der Waals surface area contributed by atoms with E-state index in [0.29, 0.717) is 11.6 Å². The number of anilines is 2.